The van der Waals surface area contributed by atoms with Crippen LogP contribution >= 0.6 is 0 Å². The summed E-state index contributed by atoms with van der Waals surface area (Å²) in [7, 11) is 3.10. The highest BCUT2D eigenvalue weighted by molar-refractivity contribution is 5.75. The lowest BCUT2D eigenvalue weighted by Gasteiger charge is -2.37. The number of carbonyl (C=O) groups is 1. The molecule has 4 rings (SSSR count). The third-order valence-corrected chi connectivity index (χ3v) is 6.41. The van der Waals surface area contributed by atoms with Gasteiger partial charge in [-0.05, 0) is 48.7 Å². The van der Waals surface area contributed by atoms with Crippen molar-refractivity contribution in [2.24, 2.45) is 0 Å². The van der Waals surface area contributed by atoms with Gasteiger partial charge in [0.2, 0.25) is 0 Å². The van der Waals surface area contributed by atoms with Crippen LogP contribution in [0.5, 0.6) is 17.2 Å². The average Bonchev–Trinajstić information content (AvgIpc) is 3.58. The maximum Gasteiger partial charge on any atom is 0.317 e. The molecule has 2 amide bonds. The van der Waals surface area contributed by atoms with E-state index in [0.29, 0.717) is 42.7 Å². The number of likely N-dealkylation sites (tertiary alicyclic amines) is 1. The Bertz CT molecular complexity index is 936. The van der Waals surface area contributed by atoms with E-state index in [1.807, 2.05) is 25.1 Å². The molecule has 1 N–H and O–H groups in total. The molecule has 172 valence electrons. The van der Waals surface area contributed by atoms with Crippen LogP contribution in [-0.4, -0.2) is 50.9 Å². The van der Waals surface area contributed by atoms with Gasteiger partial charge < -0.3 is 24.4 Å². The lowest BCUT2D eigenvalue weighted by molar-refractivity contribution is 0.0686. The van der Waals surface area contributed by atoms with Crippen LogP contribution in [0.1, 0.15) is 43.2 Å². The normalized spacial score (nSPS) is 21.6. The summed E-state index contributed by atoms with van der Waals surface area (Å²) in [6.45, 7) is 3.31. The largest absolute Gasteiger partial charge is 0.497 e. The summed E-state index contributed by atoms with van der Waals surface area (Å²) in [5.41, 5.74) is 0.195. The number of piperidine rings is 1. The molecule has 7 heteroatoms. The van der Waals surface area contributed by atoms with Crippen molar-refractivity contribution in [1.82, 2.24) is 10.2 Å². The fraction of sp³-hybridized carbons (Fsp3) is 0.480. The molecule has 1 aliphatic carbocycles. The van der Waals surface area contributed by atoms with Gasteiger partial charge in [-0.1, -0.05) is 12.1 Å². The second-order valence-electron chi connectivity index (χ2n) is 8.46. The number of methoxy groups -OCH3 is 2. The van der Waals surface area contributed by atoms with E-state index in [-0.39, 0.29) is 24.9 Å². The quantitative estimate of drug-likeness (QED) is 0.679. The zero-order valence-electron chi connectivity index (χ0n) is 18.9. The SMILES string of the molecule is CCOc1cccc([C@@H]2C[C@H]2NC(=O)N2CCC(F)(c3cc(OC)cc(OC)c3)CC2)c1. The average molecular weight is 443 g/mol. The minimum atomic E-state index is -1.51. The number of alkyl halides is 1. The van der Waals surface area contributed by atoms with Crippen molar-refractivity contribution < 1.29 is 23.4 Å². The molecular weight excluding hydrogens is 411 g/mol. The Morgan fingerprint density at radius 1 is 1.09 bits per heavy atom. The van der Waals surface area contributed by atoms with Crippen molar-refractivity contribution in [1.29, 1.82) is 0 Å². The van der Waals surface area contributed by atoms with Gasteiger partial charge in [0.25, 0.3) is 0 Å². The van der Waals surface area contributed by atoms with Crippen molar-refractivity contribution >= 4 is 6.03 Å². The molecule has 2 aliphatic rings. The highest BCUT2D eigenvalue weighted by Gasteiger charge is 2.42. The summed E-state index contributed by atoms with van der Waals surface area (Å²) < 4.78 is 31.9. The van der Waals surface area contributed by atoms with Crippen LogP contribution in [0.15, 0.2) is 42.5 Å². The number of hydrogen-bond donors (Lipinski definition) is 1. The smallest absolute Gasteiger partial charge is 0.317 e. The Hall–Kier alpha value is -2.96. The summed E-state index contributed by atoms with van der Waals surface area (Å²) in [6, 6.07) is 13.2. The van der Waals surface area contributed by atoms with Crippen molar-refractivity contribution in [2.75, 3.05) is 33.9 Å². The second kappa shape index (κ2) is 9.27. The molecule has 2 aromatic rings. The summed E-state index contributed by atoms with van der Waals surface area (Å²) in [5, 5.41) is 3.11. The van der Waals surface area contributed by atoms with E-state index in [9.17, 15) is 4.79 Å². The van der Waals surface area contributed by atoms with E-state index in [4.69, 9.17) is 14.2 Å². The Balaban J connectivity index is 1.33. The number of urea groups is 1. The zero-order valence-corrected chi connectivity index (χ0v) is 18.9. The van der Waals surface area contributed by atoms with Crippen molar-refractivity contribution in [3.63, 3.8) is 0 Å². The molecule has 1 saturated heterocycles. The number of carbonyl (C=O) groups excluding carboxylic acids is 1. The van der Waals surface area contributed by atoms with E-state index >= 15 is 4.39 Å². The molecule has 1 heterocycles. The summed E-state index contributed by atoms with van der Waals surface area (Å²) in [6.07, 6.45) is 1.38. The van der Waals surface area contributed by atoms with Crippen LogP contribution in [0, 0.1) is 0 Å². The molecule has 1 aliphatic heterocycles. The van der Waals surface area contributed by atoms with Crippen LogP contribution in [0.3, 0.4) is 0 Å². The lowest BCUT2D eigenvalue weighted by Crippen LogP contribution is -2.48. The highest BCUT2D eigenvalue weighted by atomic mass is 19.1. The second-order valence-corrected chi connectivity index (χ2v) is 8.46. The van der Waals surface area contributed by atoms with Crippen molar-refractivity contribution in [3.05, 3.63) is 53.6 Å². The molecule has 2 atom stereocenters. The van der Waals surface area contributed by atoms with Gasteiger partial charge in [0.1, 0.15) is 22.9 Å². The van der Waals surface area contributed by atoms with Gasteiger partial charge in [0, 0.05) is 44.0 Å². The number of ether oxygens (including phenoxy) is 3. The Morgan fingerprint density at radius 2 is 1.78 bits per heavy atom. The summed E-state index contributed by atoms with van der Waals surface area (Å²) in [5.74, 6) is 2.27. The Morgan fingerprint density at radius 3 is 2.41 bits per heavy atom. The maximum atomic E-state index is 15.8. The van der Waals surface area contributed by atoms with Crippen LogP contribution in [0.4, 0.5) is 9.18 Å². The van der Waals surface area contributed by atoms with Crippen molar-refractivity contribution in [2.45, 2.75) is 43.8 Å². The standard InChI is InChI=1S/C25H31FN2O4/c1-4-32-19-7-5-6-17(12-19)22-16-23(22)27-24(29)28-10-8-25(26,9-11-28)18-13-20(30-2)15-21(14-18)31-3/h5-7,12-15,22-23H,4,8-11,16H2,1-3H3,(H,27,29)/t22-,23+/m0/s1. The van der Waals surface area contributed by atoms with Gasteiger partial charge in [0.05, 0.1) is 20.8 Å². The third-order valence-electron chi connectivity index (χ3n) is 6.41. The van der Waals surface area contributed by atoms with E-state index in [1.165, 1.54) is 5.56 Å². The fourth-order valence-electron chi connectivity index (χ4n) is 4.39. The predicted molar refractivity (Wildman–Crippen MR) is 120 cm³/mol. The molecule has 0 bridgehead atoms. The minimum Gasteiger partial charge on any atom is -0.497 e. The minimum absolute atomic E-state index is 0.110. The molecular formula is C25H31FN2O4. The van der Waals surface area contributed by atoms with Crippen molar-refractivity contribution in [3.8, 4) is 17.2 Å². The van der Waals surface area contributed by atoms with E-state index in [1.54, 1.807) is 37.3 Å². The Labute approximate surface area is 188 Å². The van der Waals surface area contributed by atoms with Gasteiger partial charge in [-0.3, -0.25) is 0 Å². The lowest BCUT2D eigenvalue weighted by atomic mass is 9.86. The number of nitrogens with one attached hydrogen (secondary N) is 1. The number of nitrogens with zero attached hydrogens (tertiary/aromatic N) is 1. The first-order valence-electron chi connectivity index (χ1n) is 11.2. The Kier molecular flexibility index (Phi) is 6.44. The topological polar surface area (TPSA) is 60.0 Å². The third kappa shape index (κ3) is 4.76. The van der Waals surface area contributed by atoms with Gasteiger partial charge >= 0.3 is 6.03 Å². The van der Waals surface area contributed by atoms with Gasteiger partial charge in [0.15, 0.2) is 0 Å². The first-order valence-corrected chi connectivity index (χ1v) is 11.2. The number of benzene rings is 2. The molecule has 6 nitrogen and oxygen atoms in total. The zero-order chi connectivity index (χ0) is 22.7. The molecule has 1 saturated carbocycles. The van der Waals surface area contributed by atoms with Gasteiger partial charge in [-0.15, -0.1) is 0 Å². The highest BCUT2D eigenvalue weighted by Crippen LogP contribution is 2.43. The predicted octanol–water partition coefficient (Wildman–Crippen LogP) is 4.63. The van der Waals surface area contributed by atoms with Gasteiger partial charge in [-0.2, -0.15) is 0 Å². The molecule has 2 fully saturated rings. The molecule has 0 unspecified atom stereocenters. The molecule has 0 aromatic heterocycles. The first-order chi connectivity index (χ1) is 15.5. The number of amides is 2. The van der Waals surface area contributed by atoms with E-state index < -0.39 is 5.67 Å². The van der Waals surface area contributed by atoms with E-state index in [0.717, 1.165) is 12.2 Å². The number of halogens is 1. The van der Waals surface area contributed by atoms with Crippen LogP contribution in [0.2, 0.25) is 0 Å². The number of rotatable bonds is 7. The molecule has 32 heavy (non-hydrogen) atoms. The fourth-order valence-corrected chi connectivity index (χ4v) is 4.39. The first kappa shape index (κ1) is 22.2. The molecule has 2 aromatic carbocycles. The summed E-state index contributed by atoms with van der Waals surface area (Å²) in [4.78, 5) is 14.5. The molecule has 0 radical (unpaired) electrons. The van der Waals surface area contributed by atoms with E-state index in [2.05, 4.69) is 11.4 Å². The monoisotopic (exact) mass is 442 g/mol. The molecule has 0 spiro atoms. The van der Waals surface area contributed by atoms with Crippen LogP contribution < -0.4 is 19.5 Å². The van der Waals surface area contributed by atoms with Crippen LogP contribution in [0.25, 0.3) is 0 Å². The van der Waals surface area contributed by atoms with Crippen LogP contribution in [-0.2, 0) is 5.67 Å². The van der Waals surface area contributed by atoms with Gasteiger partial charge in [-0.25, -0.2) is 9.18 Å². The maximum absolute atomic E-state index is 15.8. The number of hydrogen-bond acceptors (Lipinski definition) is 4. The summed E-state index contributed by atoms with van der Waals surface area (Å²) >= 11 is 0.